The molecule has 0 saturated heterocycles. The Kier molecular flexibility index (Phi) is 5.02. The molecule has 0 radical (unpaired) electrons. The molecular weight excluding hydrogens is 350 g/mol. The molecule has 0 aliphatic carbocycles. The van der Waals surface area contributed by atoms with Crippen LogP contribution in [0.1, 0.15) is 10.4 Å². The van der Waals surface area contributed by atoms with Crippen molar-refractivity contribution in [2.45, 2.75) is 0 Å². The van der Waals surface area contributed by atoms with Crippen molar-refractivity contribution in [1.82, 2.24) is 15.0 Å². The molecule has 2 aromatic carbocycles. The second-order valence-corrected chi connectivity index (χ2v) is 6.03. The fourth-order valence-electron chi connectivity index (χ4n) is 2.71. The SMILES string of the molecule is O=C(Nc1cccc(-c2cc(Nc3ncccn3)ccn2)c1)c1ccccc1. The molecule has 0 saturated carbocycles. The Morgan fingerprint density at radius 3 is 2.36 bits per heavy atom. The summed E-state index contributed by atoms with van der Waals surface area (Å²) < 4.78 is 0. The third-order valence-corrected chi connectivity index (χ3v) is 4.03. The van der Waals surface area contributed by atoms with Crippen LogP contribution in [0.4, 0.5) is 17.3 Å². The van der Waals surface area contributed by atoms with Gasteiger partial charge in [0, 0.05) is 41.1 Å². The number of hydrogen-bond acceptors (Lipinski definition) is 5. The first-order valence-electron chi connectivity index (χ1n) is 8.75. The Morgan fingerprint density at radius 1 is 0.714 bits per heavy atom. The van der Waals surface area contributed by atoms with Crippen molar-refractivity contribution in [1.29, 1.82) is 0 Å². The second-order valence-electron chi connectivity index (χ2n) is 6.03. The topological polar surface area (TPSA) is 79.8 Å². The lowest BCUT2D eigenvalue weighted by Crippen LogP contribution is -2.11. The van der Waals surface area contributed by atoms with Crippen molar-refractivity contribution < 1.29 is 4.79 Å². The van der Waals surface area contributed by atoms with Crippen LogP contribution < -0.4 is 10.6 Å². The van der Waals surface area contributed by atoms with Crippen molar-refractivity contribution in [2.75, 3.05) is 10.6 Å². The Hall–Kier alpha value is -4.06. The number of carbonyl (C=O) groups is 1. The summed E-state index contributed by atoms with van der Waals surface area (Å²) in [6.07, 6.45) is 5.07. The number of aromatic nitrogens is 3. The van der Waals surface area contributed by atoms with Crippen molar-refractivity contribution in [2.24, 2.45) is 0 Å². The zero-order valence-corrected chi connectivity index (χ0v) is 14.9. The first kappa shape index (κ1) is 17.4. The number of carbonyl (C=O) groups excluding carboxylic acids is 1. The molecule has 2 heterocycles. The average molecular weight is 367 g/mol. The average Bonchev–Trinajstić information content (AvgIpc) is 2.75. The summed E-state index contributed by atoms with van der Waals surface area (Å²) in [7, 11) is 0. The Bertz CT molecular complexity index is 1080. The van der Waals surface area contributed by atoms with Crippen LogP contribution in [-0.2, 0) is 0 Å². The van der Waals surface area contributed by atoms with Crippen LogP contribution in [0, 0.1) is 0 Å². The molecule has 2 N–H and O–H groups in total. The van der Waals surface area contributed by atoms with Crippen LogP contribution in [0.25, 0.3) is 11.3 Å². The van der Waals surface area contributed by atoms with Gasteiger partial charge >= 0.3 is 0 Å². The van der Waals surface area contributed by atoms with Crippen LogP contribution in [0.2, 0.25) is 0 Å². The van der Waals surface area contributed by atoms with Gasteiger partial charge in [0.15, 0.2) is 0 Å². The molecule has 0 atom stereocenters. The lowest BCUT2D eigenvalue weighted by atomic mass is 10.1. The van der Waals surface area contributed by atoms with Crippen molar-refractivity contribution in [3.05, 3.63) is 97.0 Å². The number of rotatable bonds is 5. The van der Waals surface area contributed by atoms with E-state index in [0.717, 1.165) is 16.9 Å². The molecule has 6 heteroatoms. The summed E-state index contributed by atoms with van der Waals surface area (Å²) in [5.74, 6) is 0.367. The Labute approximate surface area is 162 Å². The normalized spacial score (nSPS) is 10.3. The molecule has 0 aliphatic rings. The van der Waals surface area contributed by atoms with Crippen molar-refractivity contribution in [3.63, 3.8) is 0 Å². The van der Waals surface area contributed by atoms with E-state index >= 15 is 0 Å². The zero-order valence-electron chi connectivity index (χ0n) is 14.9. The third kappa shape index (κ3) is 4.19. The predicted molar refractivity (Wildman–Crippen MR) is 109 cm³/mol. The summed E-state index contributed by atoms with van der Waals surface area (Å²) >= 11 is 0. The van der Waals surface area contributed by atoms with Gasteiger partial charge in [-0.15, -0.1) is 0 Å². The van der Waals surface area contributed by atoms with E-state index in [-0.39, 0.29) is 5.91 Å². The van der Waals surface area contributed by atoms with Gasteiger partial charge in [0.2, 0.25) is 5.95 Å². The first-order chi connectivity index (χ1) is 13.8. The minimum Gasteiger partial charge on any atom is -0.324 e. The molecule has 4 aromatic rings. The summed E-state index contributed by atoms with van der Waals surface area (Å²) in [6.45, 7) is 0. The molecule has 1 amide bonds. The van der Waals surface area contributed by atoms with Crippen LogP contribution >= 0.6 is 0 Å². The van der Waals surface area contributed by atoms with Gasteiger partial charge in [-0.3, -0.25) is 9.78 Å². The smallest absolute Gasteiger partial charge is 0.255 e. The third-order valence-electron chi connectivity index (χ3n) is 4.03. The number of pyridine rings is 1. The highest BCUT2D eigenvalue weighted by Gasteiger charge is 2.07. The molecule has 136 valence electrons. The highest BCUT2D eigenvalue weighted by atomic mass is 16.1. The summed E-state index contributed by atoms with van der Waals surface area (Å²) in [6, 6.07) is 22.2. The highest BCUT2D eigenvalue weighted by molar-refractivity contribution is 6.04. The van der Waals surface area contributed by atoms with E-state index in [4.69, 9.17) is 0 Å². The monoisotopic (exact) mass is 367 g/mol. The maximum atomic E-state index is 12.4. The van der Waals surface area contributed by atoms with E-state index in [9.17, 15) is 4.79 Å². The fourth-order valence-corrected chi connectivity index (χ4v) is 2.71. The summed E-state index contributed by atoms with van der Waals surface area (Å²) in [4.78, 5) is 25.1. The van der Waals surface area contributed by atoms with Gasteiger partial charge in [-0.1, -0.05) is 30.3 Å². The molecule has 0 unspecified atom stereocenters. The Morgan fingerprint density at radius 2 is 1.54 bits per heavy atom. The zero-order chi connectivity index (χ0) is 19.2. The van der Waals surface area contributed by atoms with Crippen molar-refractivity contribution >= 4 is 23.2 Å². The van der Waals surface area contributed by atoms with Gasteiger partial charge in [0.25, 0.3) is 5.91 Å². The van der Waals surface area contributed by atoms with Gasteiger partial charge in [0.1, 0.15) is 0 Å². The van der Waals surface area contributed by atoms with Crippen LogP contribution in [0.3, 0.4) is 0 Å². The number of hydrogen-bond donors (Lipinski definition) is 2. The fraction of sp³-hybridized carbons (Fsp3) is 0. The molecule has 0 bridgehead atoms. The maximum Gasteiger partial charge on any atom is 0.255 e. The molecule has 0 fully saturated rings. The van der Waals surface area contributed by atoms with E-state index in [1.165, 1.54) is 0 Å². The number of nitrogens with zero attached hydrogens (tertiary/aromatic N) is 3. The number of anilines is 3. The van der Waals surface area contributed by atoms with E-state index in [1.54, 1.807) is 36.8 Å². The Balaban J connectivity index is 1.54. The predicted octanol–water partition coefficient (Wildman–Crippen LogP) is 4.53. The van der Waals surface area contributed by atoms with E-state index in [1.807, 2.05) is 54.6 Å². The molecule has 28 heavy (non-hydrogen) atoms. The minimum atomic E-state index is -0.151. The number of nitrogens with one attached hydrogen (secondary N) is 2. The van der Waals surface area contributed by atoms with Crippen LogP contribution in [-0.4, -0.2) is 20.9 Å². The number of amides is 1. The largest absolute Gasteiger partial charge is 0.324 e. The second kappa shape index (κ2) is 8.09. The van der Waals surface area contributed by atoms with Gasteiger partial charge < -0.3 is 10.6 Å². The van der Waals surface area contributed by atoms with E-state index in [2.05, 4.69) is 25.6 Å². The molecular formula is C22H17N5O. The molecule has 6 nitrogen and oxygen atoms in total. The first-order valence-corrected chi connectivity index (χ1v) is 8.75. The quantitative estimate of drug-likeness (QED) is 0.541. The molecule has 0 aliphatic heterocycles. The highest BCUT2D eigenvalue weighted by Crippen LogP contribution is 2.24. The van der Waals surface area contributed by atoms with Crippen LogP contribution in [0.15, 0.2) is 91.4 Å². The number of benzene rings is 2. The summed E-state index contributed by atoms with van der Waals surface area (Å²) in [5.41, 5.74) is 3.81. The van der Waals surface area contributed by atoms with E-state index in [0.29, 0.717) is 17.2 Å². The molecule has 2 aromatic heterocycles. The van der Waals surface area contributed by atoms with Gasteiger partial charge in [-0.05, 0) is 42.5 Å². The summed E-state index contributed by atoms with van der Waals surface area (Å²) in [5, 5.41) is 6.07. The minimum absolute atomic E-state index is 0.151. The lowest BCUT2D eigenvalue weighted by molar-refractivity contribution is 0.102. The van der Waals surface area contributed by atoms with E-state index < -0.39 is 0 Å². The van der Waals surface area contributed by atoms with Crippen molar-refractivity contribution in [3.8, 4) is 11.3 Å². The van der Waals surface area contributed by atoms with Crippen LogP contribution in [0.5, 0.6) is 0 Å². The lowest BCUT2D eigenvalue weighted by Gasteiger charge is -2.09. The standard InChI is InChI=1S/C22H17N5O/c28-21(16-6-2-1-3-7-16)26-18-9-4-8-17(14-18)20-15-19(10-13-23-20)27-22-24-11-5-12-25-22/h1-15H,(H,26,28)(H,23,24,25,27). The molecule has 4 rings (SSSR count). The maximum absolute atomic E-state index is 12.4. The molecule has 0 spiro atoms. The van der Waals surface area contributed by atoms with Gasteiger partial charge in [-0.2, -0.15) is 0 Å². The van der Waals surface area contributed by atoms with Gasteiger partial charge in [-0.25, -0.2) is 9.97 Å². The van der Waals surface area contributed by atoms with Gasteiger partial charge in [0.05, 0.1) is 5.69 Å².